The van der Waals surface area contributed by atoms with Crippen molar-refractivity contribution in [1.82, 2.24) is 0 Å². The summed E-state index contributed by atoms with van der Waals surface area (Å²) in [6, 6.07) is 10.7. The number of rotatable bonds is 7. The van der Waals surface area contributed by atoms with Gasteiger partial charge in [0.05, 0.1) is 25.1 Å². The Hall–Kier alpha value is -3.22. The van der Waals surface area contributed by atoms with Gasteiger partial charge in [-0.05, 0) is 55.3 Å². The highest BCUT2D eigenvalue weighted by atomic mass is 19.1. The fourth-order valence-electron chi connectivity index (χ4n) is 3.55. The molecule has 7 heteroatoms. The molecule has 1 amide bonds. The van der Waals surface area contributed by atoms with Gasteiger partial charge in [-0.25, -0.2) is 4.39 Å². The standard InChI is InChI=1S/C24H27FN2O4/c1-5-15(3)22-24(29)27(14-21(28)31-6-2)20-12-9-17(25)13-19(20)23(26-22)16-7-10-18(30-4)11-8-16/h7-13,15,22H,5-6,14H2,1-4H3/t15-,22?/m0/s1. The molecule has 0 spiro atoms. The van der Waals surface area contributed by atoms with E-state index in [1.165, 1.54) is 23.1 Å². The summed E-state index contributed by atoms with van der Waals surface area (Å²) in [6.07, 6.45) is 0.716. The number of benzodiazepines with no additional fused rings is 1. The van der Waals surface area contributed by atoms with Crippen LogP contribution in [0, 0.1) is 11.7 Å². The minimum absolute atomic E-state index is 0.0791. The quantitative estimate of drug-likeness (QED) is 0.628. The van der Waals surface area contributed by atoms with Crippen LogP contribution in [0.25, 0.3) is 0 Å². The van der Waals surface area contributed by atoms with Crippen LogP contribution in [0.1, 0.15) is 38.3 Å². The normalized spacial score (nSPS) is 16.8. The lowest BCUT2D eigenvalue weighted by Crippen LogP contribution is -2.43. The topological polar surface area (TPSA) is 68.2 Å². The summed E-state index contributed by atoms with van der Waals surface area (Å²) in [4.78, 5) is 31.9. The van der Waals surface area contributed by atoms with E-state index in [0.29, 0.717) is 29.1 Å². The Kier molecular flexibility index (Phi) is 7.05. The summed E-state index contributed by atoms with van der Waals surface area (Å²) < 4.78 is 24.6. The Morgan fingerprint density at radius 2 is 1.90 bits per heavy atom. The lowest BCUT2D eigenvalue weighted by Gasteiger charge is -2.26. The molecule has 164 valence electrons. The van der Waals surface area contributed by atoms with Crippen LogP contribution in [0.4, 0.5) is 10.1 Å². The summed E-state index contributed by atoms with van der Waals surface area (Å²) in [6.45, 7) is 5.58. The van der Waals surface area contributed by atoms with Crippen LogP contribution in [-0.2, 0) is 14.3 Å². The van der Waals surface area contributed by atoms with E-state index in [4.69, 9.17) is 14.5 Å². The second kappa shape index (κ2) is 9.73. The van der Waals surface area contributed by atoms with Crippen LogP contribution in [0.3, 0.4) is 0 Å². The first-order chi connectivity index (χ1) is 14.9. The molecule has 31 heavy (non-hydrogen) atoms. The van der Waals surface area contributed by atoms with E-state index < -0.39 is 17.8 Å². The van der Waals surface area contributed by atoms with E-state index in [1.807, 2.05) is 26.0 Å². The van der Waals surface area contributed by atoms with Gasteiger partial charge in [0.1, 0.15) is 24.2 Å². The molecule has 6 nitrogen and oxygen atoms in total. The Morgan fingerprint density at radius 3 is 2.52 bits per heavy atom. The second-order valence-corrected chi connectivity index (χ2v) is 7.43. The molecule has 3 rings (SSSR count). The molecule has 0 bridgehead atoms. The number of esters is 1. The van der Waals surface area contributed by atoms with E-state index in [9.17, 15) is 14.0 Å². The summed E-state index contributed by atoms with van der Waals surface area (Å²) in [7, 11) is 1.58. The number of carbonyl (C=O) groups excluding carboxylic acids is 2. The van der Waals surface area contributed by atoms with Crippen molar-refractivity contribution in [1.29, 1.82) is 0 Å². The molecular formula is C24H27FN2O4. The van der Waals surface area contributed by atoms with Gasteiger partial charge in [0.25, 0.3) is 5.91 Å². The maximum Gasteiger partial charge on any atom is 0.326 e. The number of benzene rings is 2. The average molecular weight is 426 g/mol. The van der Waals surface area contributed by atoms with E-state index in [2.05, 4.69) is 0 Å². The Balaban J connectivity index is 2.20. The van der Waals surface area contributed by atoms with Crippen molar-refractivity contribution >= 4 is 23.3 Å². The number of nitrogens with zero attached hydrogens (tertiary/aromatic N) is 2. The summed E-state index contributed by atoms with van der Waals surface area (Å²) in [5.41, 5.74) is 2.11. The van der Waals surface area contributed by atoms with Crippen LogP contribution in [0.2, 0.25) is 0 Å². The molecule has 2 aromatic rings. The van der Waals surface area contributed by atoms with Gasteiger partial charge in [-0.1, -0.05) is 20.3 Å². The van der Waals surface area contributed by atoms with Gasteiger partial charge < -0.3 is 9.47 Å². The number of hydrogen-bond acceptors (Lipinski definition) is 5. The van der Waals surface area contributed by atoms with Gasteiger partial charge in [0.2, 0.25) is 0 Å². The maximum atomic E-state index is 14.3. The number of aliphatic imine (C=N–C) groups is 1. The van der Waals surface area contributed by atoms with E-state index in [1.54, 1.807) is 26.2 Å². The van der Waals surface area contributed by atoms with Crippen molar-refractivity contribution in [2.24, 2.45) is 10.9 Å². The number of amides is 1. The Morgan fingerprint density at radius 1 is 1.19 bits per heavy atom. The van der Waals surface area contributed by atoms with E-state index >= 15 is 0 Å². The number of ether oxygens (including phenoxy) is 2. The lowest BCUT2D eigenvalue weighted by molar-refractivity contribution is -0.142. The van der Waals surface area contributed by atoms with E-state index in [0.717, 1.165) is 5.56 Å². The van der Waals surface area contributed by atoms with Crippen LogP contribution in [0.5, 0.6) is 5.75 Å². The number of carbonyl (C=O) groups is 2. The molecule has 2 atom stereocenters. The molecular weight excluding hydrogens is 399 g/mol. The minimum Gasteiger partial charge on any atom is -0.497 e. The summed E-state index contributed by atoms with van der Waals surface area (Å²) in [5, 5.41) is 0. The van der Waals surface area contributed by atoms with Gasteiger partial charge in [-0.2, -0.15) is 0 Å². The molecule has 0 aromatic heterocycles. The van der Waals surface area contributed by atoms with Crippen LogP contribution in [-0.4, -0.2) is 43.9 Å². The highest BCUT2D eigenvalue weighted by Crippen LogP contribution is 2.32. The molecule has 0 fully saturated rings. The maximum absolute atomic E-state index is 14.3. The number of hydrogen-bond donors (Lipinski definition) is 0. The molecule has 0 saturated carbocycles. The predicted octanol–water partition coefficient (Wildman–Crippen LogP) is 4.00. The van der Waals surface area contributed by atoms with Gasteiger partial charge >= 0.3 is 5.97 Å². The van der Waals surface area contributed by atoms with Crippen molar-refractivity contribution in [3.8, 4) is 5.75 Å². The van der Waals surface area contributed by atoms with Crippen molar-refractivity contribution in [2.75, 3.05) is 25.2 Å². The van der Waals surface area contributed by atoms with Crippen molar-refractivity contribution in [3.63, 3.8) is 0 Å². The van der Waals surface area contributed by atoms with Gasteiger partial charge in [-0.3, -0.25) is 19.5 Å². The van der Waals surface area contributed by atoms with Gasteiger partial charge in [0.15, 0.2) is 0 Å². The molecule has 0 aliphatic carbocycles. The zero-order valence-electron chi connectivity index (χ0n) is 18.2. The molecule has 1 heterocycles. The highest BCUT2D eigenvalue weighted by Gasteiger charge is 2.36. The Bertz CT molecular complexity index is 988. The first-order valence-corrected chi connectivity index (χ1v) is 10.4. The zero-order chi connectivity index (χ0) is 22.5. The molecule has 0 saturated heterocycles. The fraction of sp³-hybridized carbons (Fsp3) is 0.375. The van der Waals surface area contributed by atoms with Gasteiger partial charge in [-0.15, -0.1) is 0 Å². The average Bonchev–Trinajstić information content (AvgIpc) is 2.88. The first kappa shape index (κ1) is 22.5. The lowest BCUT2D eigenvalue weighted by atomic mass is 9.97. The molecule has 0 N–H and O–H groups in total. The number of fused-ring (bicyclic) bond motifs is 1. The van der Waals surface area contributed by atoms with Crippen LogP contribution in [0.15, 0.2) is 47.5 Å². The number of methoxy groups -OCH3 is 1. The molecule has 1 aliphatic rings. The number of halogens is 1. The van der Waals surface area contributed by atoms with E-state index in [-0.39, 0.29) is 25.0 Å². The molecule has 2 aromatic carbocycles. The predicted molar refractivity (Wildman–Crippen MR) is 117 cm³/mol. The van der Waals surface area contributed by atoms with Crippen molar-refractivity contribution in [2.45, 2.75) is 33.2 Å². The molecule has 0 radical (unpaired) electrons. The first-order valence-electron chi connectivity index (χ1n) is 10.4. The summed E-state index contributed by atoms with van der Waals surface area (Å²) in [5.74, 6) is -0.688. The highest BCUT2D eigenvalue weighted by molar-refractivity contribution is 6.20. The molecule has 1 aliphatic heterocycles. The Labute approximate surface area is 181 Å². The largest absolute Gasteiger partial charge is 0.497 e. The van der Waals surface area contributed by atoms with Gasteiger partial charge in [0, 0.05) is 11.1 Å². The van der Waals surface area contributed by atoms with Crippen molar-refractivity contribution in [3.05, 3.63) is 59.4 Å². The third-order valence-corrected chi connectivity index (χ3v) is 5.43. The summed E-state index contributed by atoms with van der Waals surface area (Å²) >= 11 is 0. The van der Waals surface area contributed by atoms with Crippen LogP contribution < -0.4 is 9.64 Å². The minimum atomic E-state index is -0.716. The molecule has 1 unspecified atom stereocenters. The smallest absolute Gasteiger partial charge is 0.326 e. The third-order valence-electron chi connectivity index (χ3n) is 5.43. The second-order valence-electron chi connectivity index (χ2n) is 7.43. The third kappa shape index (κ3) is 4.76. The van der Waals surface area contributed by atoms with Crippen LogP contribution >= 0.6 is 0 Å². The zero-order valence-corrected chi connectivity index (χ0v) is 18.2. The fourth-order valence-corrected chi connectivity index (χ4v) is 3.55. The monoisotopic (exact) mass is 426 g/mol. The SMILES string of the molecule is CCOC(=O)CN1C(=O)C([C@@H](C)CC)N=C(c2ccc(OC)cc2)c2cc(F)ccc21. The van der Waals surface area contributed by atoms with Crippen molar-refractivity contribution < 1.29 is 23.5 Å². The number of anilines is 1.